The van der Waals surface area contributed by atoms with E-state index in [9.17, 15) is 20.0 Å². The lowest BCUT2D eigenvalue weighted by molar-refractivity contribution is -0.479. The SMILES string of the molecule is COC(=O)c1cc(CC[N+](=O)[O-])ccc1O. The predicted molar refractivity (Wildman–Crippen MR) is 55.0 cm³/mol. The van der Waals surface area contributed by atoms with Crippen molar-refractivity contribution in [3.63, 3.8) is 0 Å². The number of hydrogen-bond acceptors (Lipinski definition) is 5. The number of rotatable bonds is 4. The fourth-order valence-electron chi connectivity index (χ4n) is 1.23. The maximum atomic E-state index is 11.2. The molecule has 1 N–H and O–H groups in total. The molecule has 1 aromatic carbocycles. The second-order valence-electron chi connectivity index (χ2n) is 3.15. The van der Waals surface area contributed by atoms with Crippen molar-refractivity contribution in [2.24, 2.45) is 0 Å². The third-order valence-corrected chi connectivity index (χ3v) is 2.05. The van der Waals surface area contributed by atoms with Gasteiger partial charge in [-0.2, -0.15) is 0 Å². The van der Waals surface area contributed by atoms with E-state index in [4.69, 9.17) is 0 Å². The molecule has 0 aliphatic carbocycles. The third kappa shape index (κ3) is 2.94. The molecular formula is C10H11NO5. The van der Waals surface area contributed by atoms with Gasteiger partial charge in [0.2, 0.25) is 6.54 Å². The van der Waals surface area contributed by atoms with Crippen LogP contribution < -0.4 is 0 Å². The second-order valence-corrected chi connectivity index (χ2v) is 3.15. The molecule has 1 aromatic rings. The van der Waals surface area contributed by atoms with Gasteiger partial charge in [-0.1, -0.05) is 6.07 Å². The minimum atomic E-state index is -0.666. The predicted octanol–water partition coefficient (Wildman–Crippen LogP) is 0.998. The first-order valence-corrected chi connectivity index (χ1v) is 4.56. The second kappa shape index (κ2) is 5.11. The Kier molecular flexibility index (Phi) is 3.82. The van der Waals surface area contributed by atoms with Gasteiger partial charge in [0.15, 0.2) is 0 Å². The number of aromatic hydroxyl groups is 1. The first-order valence-electron chi connectivity index (χ1n) is 4.56. The number of phenolic OH excluding ortho intramolecular Hbond substituents is 1. The molecule has 0 heterocycles. The van der Waals surface area contributed by atoms with Crippen molar-refractivity contribution in [1.29, 1.82) is 0 Å². The maximum absolute atomic E-state index is 11.2. The molecule has 6 heteroatoms. The highest BCUT2D eigenvalue weighted by Gasteiger charge is 2.12. The number of benzene rings is 1. The van der Waals surface area contributed by atoms with Crippen molar-refractivity contribution in [2.45, 2.75) is 6.42 Å². The number of esters is 1. The van der Waals surface area contributed by atoms with Crippen molar-refractivity contribution < 1.29 is 19.6 Å². The molecule has 0 saturated carbocycles. The van der Waals surface area contributed by atoms with Gasteiger partial charge in [-0.3, -0.25) is 10.1 Å². The molecule has 16 heavy (non-hydrogen) atoms. The van der Waals surface area contributed by atoms with Crippen molar-refractivity contribution in [1.82, 2.24) is 0 Å². The maximum Gasteiger partial charge on any atom is 0.341 e. The van der Waals surface area contributed by atoms with Crippen LogP contribution >= 0.6 is 0 Å². The van der Waals surface area contributed by atoms with Crippen LogP contribution in [-0.2, 0) is 11.2 Å². The Bertz CT molecular complexity index is 416. The number of methoxy groups -OCH3 is 1. The fraction of sp³-hybridized carbons (Fsp3) is 0.300. The number of hydrogen-bond donors (Lipinski definition) is 1. The van der Waals surface area contributed by atoms with Crippen LogP contribution in [0.5, 0.6) is 5.75 Å². The average Bonchev–Trinajstić information content (AvgIpc) is 2.27. The molecule has 0 fully saturated rings. The summed E-state index contributed by atoms with van der Waals surface area (Å²) in [5.41, 5.74) is 0.623. The Morgan fingerprint density at radius 2 is 2.25 bits per heavy atom. The topological polar surface area (TPSA) is 89.7 Å². The van der Waals surface area contributed by atoms with E-state index >= 15 is 0 Å². The molecule has 0 amide bonds. The number of carbonyl (C=O) groups is 1. The Morgan fingerprint density at radius 3 is 2.81 bits per heavy atom. The summed E-state index contributed by atoms with van der Waals surface area (Å²) in [6.45, 7) is -0.217. The number of nitro groups is 1. The largest absolute Gasteiger partial charge is 0.507 e. The molecule has 0 unspecified atom stereocenters. The van der Waals surface area contributed by atoms with E-state index in [0.29, 0.717) is 5.56 Å². The highest BCUT2D eigenvalue weighted by molar-refractivity contribution is 5.92. The van der Waals surface area contributed by atoms with Crippen molar-refractivity contribution >= 4 is 5.97 Å². The van der Waals surface area contributed by atoms with E-state index in [1.165, 1.54) is 25.3 Å². The lowest BCUT2D eigenvalue weighted by Crippen LogP contribution is -2.06. The summed E-state index contributed by atoms with van der Waals surface area (Å²) in [6, 6.07) is 4.25. The zero-order valence-electron chi connectivity index (χ0n) is 8.67. The minimum Gasteiger partial charge on any atom is -0.507 e. The standard InChI is InChI=1S/C10H11NO5/c1-16-10(13)8-6-7(2-3-9(8)12)4-5-11(14)15/h2-3,6,12H,4-5H2,1H3. The molecular weight excluding hydrogens is 214 g/mol. The number of carbonyl (C=O) groups excluding carboxylic acids is 1. The molecule has 0 aliphatic rings. The average molecular weight is 225 g/mol. The number of phenols is 1. The normalized spacial score (nSPS) is 9.81. The molecule has 6 nitrogen and oxygen atoms in total. The summed E-state index contributed by atoms with van der Waals surface area (Å²) in [5.74, 6) is -0.864. The van der Waals surface area contributed by atoms with Gasteiger partial charge >= 0.3 is 5.97 Å². The van der Waals surface area contributed by atoms with E-state index in [2.05, 4.69) is 4.74 Å². The van der Waals surface area contributed by atoms with Crippen LogP contribution in [0.25, 0.3) is 0 Å². The summed E-state index contributed by atoms with van der Waals surface area (Å²) in [5, 5.41) is 19.6. The van der Waals surface area contributed by atoms with Crippen LogP contribution in [0.15, 0.2) is 18.2 Å². The first-order chi connectivity index (χ1) is 7.54. The molecule has 0 aromatic heterocycles. The van der Waals surface area contributed by atoms with Gasteiger partial charge in [-0.05, 0) is 17.7 Å². The van der Waals surface area contributed by atoms with Gasteiger partial charge in [0.25, 0.3) is 0 Å². The van der Waals surface area contributed by atoms with E-state index in [0.717, 1.165) is 0 Å². The Balaban J connectivity index is 2.89. The van der Waals surface area contributed by atoms with E-state index in [1.807, 2.05) is 0 Å². The molecule has 0 saturated heterocycles. The summed E-state index contributed by atoms with van der Waals surface area (Å²) in [6.07, 6.45) is 0.206. The van der Waals surface area contributed by atoms with Gasteiger partial charge in [-0.25, -0.2) is 4.79 Å². The molecule has 86 valence electrons. The van der Waals surface area contributed by atoms with E-state index < -0.39 is 10.9 Å². The Morgan fingerprint density at radius 1 is 1.56 bits per heavy atom. The van der Waals surface area contributed by atoms with Gasteiger partial charge < -0.3 is 9.84 Å². The molecule has 0 radical (unpaired) electrons. The van der Waals surface area contributed by atoms with Crippen LogP contribution in [0.2, 0.25) is 0 Å². The van der Waals surface area contributed by atoms with Crippen LogP contribution in [0.4, 0.5) is 0 Å². The zero-order valence-corrected chi connectivity index (χ0v) is 8.67. The van der Waals surface area contributed by atoms with Gasteiger partial charge in [0.1, 0.15) is 11.3 Å². The van der Waals surface area contributed by atoms with Gasteiger partial charge in [-0.15, -0.1) is 0 Å². The van der Waals surface area contributed by atoms with Crippen LogP contribution in [0.3, 0.4) is 0 Å². The Hall–Kier alpha value is -2.11. The van der Waals surface area contributed by atoms with E-state index in [-0.39, 0.29) is 24.3 Å². The number of nitrogens with zero attached hydrogens (tertiary/aromatic N) is 1. The van der Waals surface area contributed by atoms with Crippen molar-refractivity contribution in [2.75, 3.05) is 13.7 Å². The van der Waals surface area contributed by atoms with Crippen LogP contribution in [0, 0.1) is 10.1 Å². The summed E-state index contributed by atoms with van der Waals surface area (Å²) >= 11 is 0. The summed E-state index contributed by atoms with van der Waals surface area (Å²) in [7, 11) is 1.20. The lowest BCUT2D eigenvalue weighted by Gasteiger charge is -2.04. The van der Waals surface area contributed by atoms with Gasteiger partial charge in [0, 0.05) is 11.3 Å². The molecule has 0 bridgehead atoms. The zero-order chi connectivity index (χ0) is 12.1. The minimum absolute atomic E-state index is 0.0170. The summed E-state index contributed by atoms with van der Waals surface area (Å²) in [4.78, 5) is 20.9. The highest BCUT2D eigenvalue weighted by atomic mass is 16.6. The first kappa shape index (κ1) is 12.0. The van der Waals surface area contributed by atoms with E-state index in [1.54, 1.807) is 0 Å². The highest BCUT2D eigenvalue weighted by Crippen LogP contribution is 2.19. The monoisotopic (exact) mass is 225 g/mol. The quantitative estimate of drug-likeness (QED) is 0.469. The summed E-state index contributed by atoms with van der Waals surface area (Å²) < 4.78 is 4.46. The molecule has 0 aliphatic heterocycles. The van der Waals surface area contributed by atoms with Gasteiger partial charge in [0.05, 0.1) is 7.11 Å². The fourth-order valence-corrected chi connectivity index (χ4v) is 1.23. The molecule has 1 rings (SSSR count). The molecule has 0 spiro atoms. The van der Waals surface area contributed by atoms with Crippen LogP contribution in [-0.4, -0.2) is 29.7 Å². The molecule has 0 atom stereocenters. The van der Waals surface area contributed by atoms with Crippen molar-refractivity contribution in [3.8, 4) is 5.75 Å². The number of ether oxygens (including phenoxy) is 1. The smallest absolute Gasteiger partial charge is 0.341 e. The third-order valence-electron chi connectivity index (χ3n) is 2.05. The van der Waals surface area contributed by atoms with Crippen molar-refractivity contribution in [3.05, 3.63) is 39.4 Å². The van der Waals surface area contributed by atoms with Crippen LogP contribution in [0.1, 0.15) is 15.9 Å². The lowest BCUT2D eigenvalue weighted by atomic mass is 10.1. The Labute approximate surface area is 91.6 Å².